The number of rotatable bonds is 4. The second-order valence-electron chi connectivity index (χ2n) is 6.32. The van der Waals surface area contributed by atoms with E-state index >= 15 is 0 Å². The van der Waals surface area contributed by atoms with Crippen LogP contribution in [0.1, 0.15) is 51.4 Å². The van der Waals surface area contributed by atoms with Gasteiger partial charge in [0, 0.05) is 25.3 Å². The van der Waals surface area contributed by atoms with Crippen LogP contribution in [0.3, 0.4) is 0 Å². The maximum absolute atomic E-state index is 12.4. The van der Waals surface area contributed by atoms with Gasteiger partial charge in [-0.1, -0.05) is 25.7 Å². The summed E-state index contributed by atoms with van der Waals surface area (Å²) in [5.74, 6) is 0.785. The molecular weight excluding hydrogens is 298 g/mol. The fraction of sp³-hybridized carbons (Fsp3) is 0.688. The molecule has 22 heavy (non-hydrogen) atoms. The van der Waals surface area contributed by atoms with Gasteiger partial charge in [0.2, 0.25) is 10.0 Å². The standard InChI is InChI=1S/C16H25N3O2S/c20-22(21,19-11-5-6-12-19)15-9-10-16(17-13-15)18-14-7-3-1-2-4-8-14/h9-10,13-14H,1-8,11-12H2,(H,17,18). The number of aromatic nitrogens is 1. The Labute approximate surface area is 133 Å². The molecule has 0 bridgehead atoms. The first-order valence-electron chi connectivity index (χ1n) is 8.39. The monoisotopic (exact) mass is 323 g/mol. The predicted octanol–water partition coefficient (Wildman–Crippen LogP) is 3.00. The van der Waals surface area contributed by atoms with E-state index in [1.165, 1.54) is 44.7 Å². The summed E-state index contributed by atoms with van der Waals surface area (Å²) < 4.78 is 26.5. The summed E-state index contributed by atoms with van der Waals surface area (Å²) in [5, 5.41) is 3.45. The Bertz CT molecular complexity index is 572. The topological polar surface area (TPSA) is 62.3 Å². The number of hydrogen-bond acceptors (Lipinski definition) is 4. The van der Waals surface area contributed by atoms with Gasteiger partial charge in [-0.15, -0.1) is 0 Å². The van der Waals surface area contributed by atoms with Crippen molar-refractivity contribution in [2.75, 3.05) is 18.4 Å². The minimum Gasteiger partial charge on any atom is -0.367 e. The summed E-state index contributed by atoms with van der Waals surface area (Å²) in [6.45, 7) is 1.26. The molecule has 0 aromatic carbocycles. The molecule has 2 heterocycles. The summed E-state index contributed by atoms with van der Waals surface area (Å²) in [5.41, 5.74) is 0. The first kappa shape index (κ1) is 15.7. The van der Waals surface area contributed by atoms with E-state index in [1.54, 1.807) is 16.4 Å². The highest BCUT2D eigenvalue weighted by Crippen LogP contribution is 2.23. The SMILES string of the molecule is O=S(=O)(c1ccc(NC2CCCCCC2)nc1)N1CCCC1. The molecule has 2 fully saturated rings. The lowest BCUT2D eigenvalue weighted by molar-refractivity contribution is 0.477. The van der Waals surface area contributed by atoms with Crippen molar-refractivity contribution in [3.8, 4) is 0 Å². The van der Waals surface area contributed by atoms with Crippen molar-refractivity contribution in [3.05, 3.63) is 18.3 Å². The molecule has 1 saturated heterocycles. The maximum atomic E-state index is 12.4. The lowest BCUT2D eigenvalue weighted by atomic mass is 10.1. The van der Waals surface area contributed by atoms with Crippen LogP contribution in [0.5, 0.6) is 0 Å². The van der Waals surface area contributed by atoms with Gasteiger partial charge in [0.05, 0.1) is 0 Å². The second kappa shape index (κ2) is 6.96. The molecule has 1 aromatic heterocycles. The quantitative estimate of drug-likeness (QED) is 0.865. The van der Waals surface area contributed by atoms with Crippen molar-refractivity contribution in [2.24, 2.45) is 0 Å². The molecule has 0 atom stereocenters. The average Bonchev–Trinajstić information content (AvgIpc) is 2.95. The van der Waals surface area contributed by atoms with Crippen molar-refractivity contribution < 1.29 is 8.42 Å². The molecule has 5 nitrogen and oxygen atoms in total. The van der Waals surface area contributed by atoms with Crippen LogP contribution >= 0.6 is 0 Å². The summed E-state index contributed by atoms with van der Waals surface area (Å²) in [7, 11) is -3.35. The largest absolute Gasteiger partial charge is 0.367 e. The van der Waals surface area contributed by atoms with Gasteiger partial charge in [0.25, 0.3) is 0 Å². The first-order valence-corrected chi connectivity index (χ1v) is 9.83. The van der Waals surface area contributed by atoms with Crippen LogP contribution in [0, 0.1) is 0 Å². The van der Waals surface area contributed by atoms with Gasteiger partial charge in [0.15, 0.2) is 0 Å². The second-order valence-corrected chi connectivity index (χ2v) is 8.26. The van der Waals surface area contributed by atoms with Gasteiger partial charge in [-0.2, -0.15) is 4.31 Å². The Morgan fingerprint density at radius 1 is 1.00 bits per heavy atom. The third-order valence-corrected chi connectivity index (χ3v) is 6.53. The highest BCUT2D eigenvalue weighted by atomic mass is 32.2. The molecule has 0 unspecified atom stereocenters. The van der Waals surface area contributed by atoms with Crippen LogP contribution in [0.4, 0.5) is 5.82 Å². The molecule has 2 aliphatic rings. The van der Waals surface area contributed by atoms with E-state index in [1.807, 2.05) is 0 Å². The number of nitrogens with one attached hydrogen (secondary N) is 1. The van der Waals surface area contributed by atoms with Crippen LogP contribution in [-0.4, -0.2) is 36.8 Å². The van der Waals surface area contributed by atoms with Crippen molar-refractivity contribution >= 4 is 15.8 Å². The van der Waals surface area contributed by atoms with Gasteiger partial charge in [-0.25, -0.2) is 13.4 Å². The van der Waals surface area contributed by atoms with Crippen LogP contribution in [0.15, 0.2) is 23.2 Å². The van der Waals surface area contributed by atoms with E-state index in [4.69, 9.17) is 0 Å². The molecule has 0 spiro atoms. The summed E-state index contributed by atoms with van der Waals surface area (Å²) in [4.78, 5) is 4.63. The predicted molar refractivity (Wildman–Crippen MR) is 87.3 cm³/mol. The van der Waals surface area contributed by atoms with E-state index in [9.17, 15) is 8.42 Å². The first-order chi connectivity index (χ1) is 10.7. The molecule has 6 heteroatoms. The van der Waals surface area contributed by atoms with Crippen molar-refractivity contribution in [2.45, 2.75) is 62.3 Å². The molecule has 0 radical (unpaired) electrons. The molecular formula is C16H25N3O2S. The van der Waals surface area contributed by atoms with Gasteiger partial charge >= 0.3 is 0 Å². The molecule has 0 amide bonds. The van der Waals surface area contributed by atoms with Crippen molar-refractivity contribution in [1.29, 1.82) is 0 Å². The van der Waals surface area contributed by atoms with Crippen LogP contribution in [-0.2, 0) is 10.0 Å². The molecule has 122 valence electrons. The van der Waals surface area contributed by atoms with Crippen LogP contribution < -0.4 is 5.32 Å². The zero-order valence-corrected chi connectivity index (χ0v) is 13.8. The van der Waals surface area contributed by atoms with Crippen LogP contribution in [0.25, 0.3) is 0 Å². The normalized spacial score (nSPS) is 21.6. The Kier molecular flexibility index (Phi) is 4.98. The average molecular weight is 323 g/mol. The fourth-order valence-corrected chi connectivity index (χ4v) is 4.79. The Hall–Kier alpha value is -1.14. The number of sulfonamides is 1. The van der Waals surface area contributed by atoms with Gasteiger partial charge in [-0.3, -0.25) is 0 Å². The third-order valence-electron chi connectivity index (χ3n) is 4.65. The van der Waals surface area contributed by atoms with E-state index in [-0.39, 0.29) is 0 Å². The molecule has 1 saturated carbocycles. The Balaban J connectivity index is 1.67. The lowest BCUT2D eigenvalue weighted by Gasteiger charge is -2.18. The highest BCUT2D eigenvalue weighted by molar-refractivity contribution is 7.89. The number of hydrogen-bond donors (Lipinski definition) is 1. The molecule has 1 aliphatic carbocycles. The van der Waals surface area contributed by atoms with Gasteiger partial charge in [-0.05, 0) is 37.8 Å². The summed E-state index contributed by atoms with van der Waals surface area (Å²) in [6.07, 6.45) is 10.9. The van der Waals surface area contributed by atoms with E-state index in [2.05, 4.69) is 10.3 Å². The molecule has 1 N–H and O–H groups in total. The van der Waals surface area contributed by atoms with Gasteiger partial charge < -0.3 is 5.32 Å². The fourth-order valence-electron chi connectivity index (χ4n) is 3.33. The number of nitrogens with zero attached hydrogens (tertiary/aromatic N) is 2. The third kappa shape index (κ3) is 3.60. The number of anilines is 1. The maximum Gasteiger partial charge on any atom is 0.244 e. The number of pyridine rings is 1. The Morgan fingerprint density at radius 2 is 1.68 bits per heavy atom. The summed E-state index contributed by atoms with van der Waals surface area (Å²) >= 11 is 0. The molecule has 1 aromatic rings. The zero-order chi connectivity index (χ0) is 15.4. The van der Waals surface area contributed by atoms with Gasteiger partial charge in [0.1, 0.15) is 10.7 Å². The van der Waals surface area contributed by atoms with E-state index in [0.29, 0.717) is 24.0 Å². The molecule has 3 rings (SSSR count). The summed E-state index contributed by atoms with van der Waals surface area (Å²) in [6, 6.07) is 3.95. The van der Waals surface area contributed by atoms with E-state index < -0.39 is 10.0 Å². The van der Waals surface area contributed by atoms with Crippen LogP contribution in [0.2, 0.25) is 0 Å². The molecule has 1 aliphatic heterocycles. The minimum atomic E-state index is -3.35. The van der Waals surface area contributed by atoms with E-state index in [0.717, 1.165) is 18.7 Å². The zero-order valence-electron chi connectivity index (χ0n) is 13.0. The smallest absolute Gasteiger partial charge is 0.244 e. The van der Waals surface area contributed by atoms with Crippen molar-refractivity contribution in [1.82, 2.24) is 9.29 Å². The minimum absolute atomic E-state index is 0.306. The lowest BCUT2D eigenvalue weighted by Crippen LogP contribution is -2.28. The van der Waals surface area contributed by atoms with Crippen molar-refractivity contribution in [3.63, 3.8) is 0 Å². The highest BCUT2D eigenvalue weighted by Gasteiger charge is 2.27. The Morgan fingerprint density at radius 3 is 2.27 bits per heavy atom.